The largest absolute Gasteiger partial charge is 0.352 e. The van der Waals surface area contributed by atoms with Gasteiger partial charge in [0.1, 0.15) is 0 Å². The van der Waals surface area contributed by atoms with Crippen LogP contribution >= 0.6 is 0 Å². The van der Waals surface area contributed by atoms with Gasteiger partial charge in [0.2, 0.25) is 0 Å². The number of nitrogens with one attached hydrogen (secondary N) is 1. The number of hydrogen-bond acceptors (Lipinski definition) is 2. The summed E-state index contributed by atoms with van der Waals surface area (Å²) in [6, 6.07) is -1.31. The lowest BCUT2D eigenvalue weighted by Crippen LogP contribution is -2.43. The summed E-state index contributed by atoms with van der Waals surface area (Å²) in [4.78, 5) is 19.1. The zero-order valence-electron chi connectivity index (χ0n) is 7.55. The first-order chi connectivity index (χ1) is 5.15. The summed E-state index contributed by atoms with van der Waals surface area (Å²) in [5.74, 6) is 0. The highest BCUT2D eigenvalue weighted by Gasteiger charge is 2.09. The maximum Gasteiger partial charge on any atom is 0.312 e. The molecule has 0 saturated heterocycles. The maximum atomic E-state index is 10.1. The van der Waals surface area contributed by atoms with Crippen molar-refractivity contribution >= 4 is 12.1 Å². The van der Waals surface area contributed by atoms with Crippen molar-refractivity contribution in [1.82, 2.24) is 5.32 Å². The van der Waals surface area contributed by atoms with E-state index in [1.807, 2.05) is 20.8 Å². The van der Waals surface area contributed by atoms with E-state index in [0.717, 1.165) is 0 Å². The third-order valence-corrected chi connectivity index (χ3v) is 0.498. The molecule has 0 heterocycles. The molecule has 0 saturated carbocycles. The first-order valence-corrected chi connectivity index (χ1v) is 3.27. The van der Waals surface area contributed by atoms with E-state index in [2.05, 4.69) is 16.8 Å². The van der Waals surface area contributed by atoms with E-state index in [1.165, 1.54) is 0 Å². The van der Waals surface area contributed by atoms with Gasteiger partial charge in [0.15, 0.2) is 0 Å². The number of hydrogen-bond donors (Lipinski definition) is 4. The fourth-order valence-corrected chi connectivity index (χ4v) is 0.370. The Balaban J connectivity index is 0. The Kier molecular flexibility index (Phi) is 5.73. The predicted molar refractivity (Wildman–Crippen MR) is 46.2 cm³/mol. The molecule has 0 aromatic heterocycles. The maximum absolute atomic E-state index is 10.1. The van der Waals surface area contributed by atoms with Crippen molar-refractivity contribution in [3.8, 4) is 0 Å². The molecule has 0 spiro atoms. The van der Waals surface area contributed by atoms with E-state index in [0.29, 0.717) is 0 Å². The Labute approximate surface area is 71.5 Å². The van der Waals surface area contributed by atoms with Crippen LogP contribution in [0.2, 0.25) is 0 Å². The molecular weight excluding hydrogens is 160 g/mol. The number of primary amides is 3. The van der Waals surface area contributed by atoms with E-state index < -0.39 is 12.1 Å². The van der Waals surface area contributed by atoms with Gasteiger partial charge < -0.3 is 22.5 Å². The molecule has 72 valence electrons. The highest BCUT2D eigenvalue weighted by Crippen LogP contribution is 1.95. The molecule has 0 aliphatic rings. The van der Waals surface area contributed by atoms with Gasteiger partial charge >= 0.3 is 12.1 Å². The number of amides is 4. The molecule has 0 unspecified atom stereocenters. The molecule has 6 nitrogen and oxygen atoms in total. The Morgan fingerprint density at radius 2 is 1.33 bits per heavy atom. The van der Waals surface area contributed by atoms with E-state index in [9.17, 15) is 4.79 Å². The summed E-state index contributed by atoms with van der Waals surface area (Å²) in [5, 5.41) is 2.52. The molecule has 7 N–H and O–H groups in total. The van der Waals surface area contributed by atoms with Gasteiger partial charge in [-0.3, -0.25) is 0 Å². The van der Waals surface area contributed by atoms with Crippen LogP contribution in [0.3, 0.4) is 0 Å². The third-order valence-electron chi connectivity index (χ3n) is 0.498. The number of carbonyl (C=O) groups is 2. The van der Waals surface area contributed by atoms with Crippen molar-refractivity contribution in [2.24, 2.45) is 17.2 Å². The van der Waals surface area contributed by atoms with Gasteiger partial charge in [-0.25, -0.2) is 9.59 Å². The SMILES string of the molecule is CC(C)(C)NC(N)=O.NC(N)=O. The van der Waals surface area contributed by atoms with Crippen molar-refractivity contribution in [2.45, 2.75) is 26.3 Å². The minimum absolute atomic E-state index is 0.203. The van der Waals surface area contributed by atoms with Gasteiger partial charge in [0.25, 0.3) is 0 Å². The second kappa shape index (κ2) is 5.22. The second-order valence-electron chi connectivity index (χ2n) is 3.14. The van der Waals surface area contributed by atoms with Crippen molar-refractivity contribution < 1.29 is 9.59 Å². The van der Waals surface area contributed by atoms with Crippen LogP contribution in [-0.2, 0) is 0 Å². The molecule has 0 rings (SSSR count). The molecule has 0 aromatic carbocycles. The number of carbonyl (C=O) groups excluding carboxylic acids is 2. The lowest BCUT2D eigenvalue weighted by molar-refractivity contribution is 0.240. The monoisotopic (exact) mass is 176 g/mol. The van der Waals surface area contributed by atoms with E-state index in [4.69, 9.17) is 10.5 Å². The second-order valence-corrected chi connectivity index (χ2v) is 3.14. The Morgan fingerprint density at radius 1 is 1.08 bits per heavy atom. The Bertz CT molecular complexity index is 157. The van der Waals surface area contributed by atoms with Gasteiger partial charge in [-0.05, 0) is 20.8 Å². The molecule has 0 fully saturated rings. The smallest absolute Gasteiger partial charge is 0.312 e. The fourth-order valence-electron chi connectivity index (χ4n) is 0.370. The van der Waals surface area contributed by atoms with Crippen LogP contribution in [0.15, 0.2) is 0 Å². The van der Waals surface area contributed by atoms with E-state index in [-0.39, 0.29) is 5.54 Å². The highest BCUT2D eigenvalue weighted by molar-refractivity contribution is 5.72. The number of urea groups is 2. The molecule has 0 radical (unpaired) electrons. The molecular formula is C6H16N4O2. The summed E-state index contributed by atoms with van der Waals surface area (Å²) in [6.45, 7) is 5.62. The average Bonchev–Trinajstić information content (AvgIpc) is 1.52. The van der Waals surface area contributed by atoms with E-state index >= 15 is 0 Å². The topological polar surface area (TPSA) is 124 Å². The van der Waals surface area contributed by atoms with Crippen molar-refractivity contribution in [3.63, 3.8) is 0 Å². The van der Waals surface area contributed by atoms with Gasteiger partial charge in [0.05, 0.1) is 0 Å². The van der Waals surface area contributed by atoms with Crippen LogP contribution in [0, 0.1) is 0 Å². The molecule has 12 heavy (non-hydrogen) atoms. The minimum atomic E-state index is -0.833. The van der Waals surface area contributed by atoms with Gasteiger partial charge in [-0.15, -0.1) is 0 Å². The molecule has 0 aliphatic heterocycles. The molecule has 6 heteroatoms. The lowest BCUT2D eigenvalue weighted by atomic mass is 10.1. The normalized spacial score (nSPS) is 9.25. The average molecular weight is 176 g/mol. The molecule has 4 amide bonds. The summed E-state index contributed by atoms with van der Waals surface area (Å²) in [5.41, 5.74) is 13.1. The highest BCUT2D eigenvalue weighted by atomic mass is 16.2. The molecule has 0 atom stereocenters. The minimum Gasteiger partial charge on any atom is -0.352 e. The van der Waals surface area contributed by atoms with Crippen LogP contribution in [0.5, 0.6) is 0 Å². The summed E-state index contributed by atoms with van der Waals surface area (Å²) >= 11 is 0. The zero-order chi connectivity index (χ0) is 10.4. The van der Waals surface area contributed by atoms with Crippen molar-refractivity contribution in [2.75, 3.05) is 0 Å². The standard InChI is InChI=1S/C5H12N2O.CH4N2O/c1-5(2,3)7-4(6)8;2-1(3)4/h1-3H3,(H3,6,7,8);(H4,2,3,4). The first-order valence-electron chi connectivity index (χ1n) is 3.27. The lowest BCUT2D eigenvalue weighted by Gasteiger charge is -2.17. The number of rotatable bonds is 0. The summed E-state index contributed by atoms with van der Waals surface area (Å²) in [7, 11) is 0. The number of nitrogens with two attached hydrogens (primary N) is 3. The fraction of sp³-hybridized carbons (Fsp3) is 0.667. The quantitative estimate of drug-likeness (QED) is 0.396. The Hall–Kier alpha value is -1.46. The van der Waals surface area contributed by atoms with Gasteiger partial charge in [-0.1, -0.05) is 0 Å². The van der Waals surface area contributed by atoms with Crippen LogP contribution in [-0.4, -0.2) is 17.6 Å². The molecule has 0 aliphatic carbocycles. The molecule has 0 bridgehead atoms. The summed E-state index contributed by atoms with van der Waals surface area (Å²) < 4.78 is 0. The van der Waals surface area contributed by atoms with Crippen molar-refractivity contribution in [3.05, 3.63) is 0 Å². The van der Waals surface area contributed by atoms with Crippen molar-refractivity contribution in [1.29, 1.82) is 0 Å². The third kappa shape index (κ3) is 38.7. The Morgan fingerprint density at radius 3 is 1.33 bits per heavy atom. The van der Waals surface area contributed by atoms with Gasteiger partial charge in [0, 0.05) is 5.54 Å². The van der Waals surface area contributed by atoms with Crippen LogP contribution in [0.4, 0.5) is 9.59 Å². The predicted octanol–water partition coefficient (Wildman–Crippen LogP) is -0.523. The molecule has 0 aromatic rings. The van der Waals surface area contributed by atoms with E-state index in [1.54, 1.807) is 0 Å². The zero-order valence-corrected chi connectivity index (χ0v) is 7.55. The van der Waals surface area contributed by atoms with Crippen LogP contribution in [0.1, 0.15) is 20.8 Å². The van der Waals surface area contributed by atoms with Crippen LogP contribution in [0.25, 0.3) is 0 Å². The summed E-state index contributed by atoms with van der Waals surface area (Å²) in [6.07, 6.45) is 0. The van der Waals surface area contributed by atoms with Gasteiger partial charge in [-0.2, -0.15) is 0 Å². The first kappa shape index (κ1) is 13.2. The van der Waals surface area contributed by atoms with Crippen LogP contribution < -0.4 is 22.5 Å².